The summed E-state index contributed by atoms with van der Waals surface area (Å²) < 4.78 is 0. The molecule has 0 saturated carbocycles. The molecule has 0 aliphatic rings. The van der Waals surface area contributed by atoms with E-state index in [1.54, 1.807) is 6.34 Å². The van der Waals surface area contributed by atoms with Gasteiger partial charge >= 0.3 is 0 Å². The maximum atomic E-state index is 8.92. The van der Waals surface area contributed by atoms with Crippen LogP contribution in [0.2, 0.25) is 0 Å². The van der Waals surface area contributed by atoms with Crippen molar-refractivity contribution >= 4 is 12.2 Å². The second kappa shape index (κ2) is 3.97. The number of aliphatic imine (C=N–C) groups is 1. The SMILES string of the molecule is Cc1[nH]c(N=CN(C)C)c(C#N)c1C. The second-order valence-corrected chi connectivity index (χ2v) is 3.42. The summed E-state index contributed by atoms with van der Waals surface area (Å²) in [6, 6.07) is 2.14. The normalized spacial score (nSPS) is 10.5. The molecule has 1 aromatic heterocycles. The van der Waals surface area contributed by atoms with E-state index in [-0.39, 0.29) is 0 Å². The van der Waals surface area contributed by atoms with E-state index in [0.717, 1.165) is 11.3 Å². The molecular weight excluding hydrogens is 176 g/mol. The van der Waals surface area contributed by atoms with Crippen molar-refractivity contribution in [2.24, 2.45) is 4.99 Å². The van der Waals surface area contributed by atoms with Crippen LogP contribution in [-0.2, 0) is 0 Å². The summed E-state index contributed by atoms with van der Waals surface area (Å²) >= 11 is 0. The first-order valence-electron chi connectivity index (χ1n) is 4.36. The lowest BCUT2D eigenvalue weighted by Gasteiger charge is -2.00. The topological polar surface area (TPSA) is 55.2 Å². The first kappa shape index (κ1) is 10.3. The van der Waals surface area contributed by atoms with Crippen LogP contribution in [0, 0.1) is 25.2 Å². The van der Waals surface area contributed by atoms with Crippen molar-refractivity contribution in [3.05, 3.63) is 16.8 Å². The minimum atomic E-state index is 0.626. The van der Waals surface area contributed by atoms with Crippen LogP contribution in [-0.4, -0.2) is 30.3 Å². The zero-order valence-corrected chi connectivity index (χ0v) is 8.92. The molecule has 4 nitrogen and oxygen atoms in total. The second-order valence-electron chi connectivity index (χ2n) is 3.42. The molecule has 0 atom stereocenters. The lowest BCUT2D eigenvalue weighted by Crippen LogP contribution is -2.07. The summed E-state index contributed by atoms with van der Waals surface area (Å²) in [6.45, 7) is 3.85. The predicted octanol–water partition coefficient (Wildman–Crippen LogP) is 1.72. The van der Waals surface area contributed by atoms with Crippen LogP contribution in [0.4, 0.5) is 5.82 Å². The molecule has 0 aliphatic heterocycles. The molecule has 0 fully saturated rings. The Morgan fingerprint density at radius 2 is 2.07 bits per heavy atom. The molecule has 0 unspecified atom stereocenters. The molecule has 0 radical (unpaired) electrons. The van der Waals surface area contributed by atoms with E-state index in [1.165, 1.54) is 0 Å². The lowest BCUT2D eigenvalue weighted by molar-refractivity contribution is 0.643. The maximum Gasteiger partial charge on any atom is 0.150 e. The quantitative estimate of drug-likeness (QED) is 0.570. The van der Waals surface area contributed by atoms with Crippen LogP contribution in [0.25, 0.3) is 0 Å². The number of hydrogen-bond donors (Lipinski definition) is 1. The van der Waals surface area contributed by atoms with Crippen LogP contribution in [0.15, 0.2) is 4.99 Å². The Kier molecular flexibility index (Phi) is 2.92. The summed E-state index contributed by atoms with van der Waals surface area (Å²) in [4.78, 5) is 9.08. The van der Waals surface area contributed by atoms with E-state index in [2.05, 4.69) is 16.0 Å². The lowest BCUT2D eigenvalue weighted by atomic mass is 10.2. The molecule has 1 N–H and O–H groups in total. The molecule has 0 spiro atoms. The third-order valence-electron chi connectivity index (χ3n) is 2.01. The van der Waals surface area contributed by atoms with E-state index in [4.69, 9.17) is 5.26 Å². The van der Waals surface area contributed by atoms with Crippen molar-refractivity contribution in [3.8, 4) is 6.07 Å². The van der Waals surface area contributed by atoms with E-state index in [1.807, 2.05) is 32.8 Å². The fourth-order valence-electron chi connectivity index (χ4n) is 1.11. The van der Waals surface area contributed by atoms with Gasteiger partial charge in [0.1, 0.15) is 11.9 Å². The first-order chi connectivity index (χ1) is 6.56. The van der Waals surface area contributed by atoms with Crippen LogP contribution >= 0.6 is 0 Å². The fourth-order valence-corrected chi connectivity index (χ4v) is 1.11. The van der Waals surface area contributed by atoms with Gasteiger partial charge in [-0.05, 0) is 19.4 Å². The molecule has 1 aromatic rings. The van der Waals surface area contributed by atoms with Gasteiger partial charge in [0.05, 0.1) is 11.9 Å². The summed E-state index contributed by atoms with van der Waals surface area (Å²) in [5.41, 5.74) is 2.59. The molecular formula is C10H14N4. The van der Waals surface area contributed by atoms with Crippen molar-refractivity contribution in [2.45, 2.75) is 13.8 Å². The largest absolute Gasteiger partial charge is 0.369 e. The standard InChI is InChI=1S/C10H14N4/c1-7-8(2)13-10(9(7)5-11)12-6-14(3)4/h6,13H,1-4H3. The fraction of sp³-hybridized carbons (Fsp3) is 0.400. The number of hydrogen-bond acceptors (Lipinski definition) is 2. The van der Waals surface area contributed by atoms with Crippen LogP contribution < -0.4 is 0 Å². The number of rotatable bonds is 2. The van der Waals surface area contributed by atoms with Crippen molar-refractivity contribution in [3.63, 3.8) is 0 Å². The predicted molar refractivity (Wildman–Crippen MR) is 56.8 cm³/mol. The highest BCUT2D eigenvalue weighted by Crippen LogP contribution is 2.23. The zero-order valence-electron chi connectivity index (χ0n) is 8.92. The number of nitrogens with one attached hydrogen (secondary N) is 1. The van der Waals surface area contributed by atoms with Crippen LogP contribution in [0.3, 0.4) is 0 Å². The molecule has 14 heavy (non-hydrogen) atoms. The Labute approximate surface area is 83.9 Å². The molecule has 0 amide bonds. The summed E-state index contributed by atoms with van der Waals surface area (Å²) in [6.07, 6.45) is 1.67. The minimum absolute atomic E-state index is 0.626. The highest BCUT2D eigenvalue weighted by atomic mass is 15.1. The Bertz CT molecular complexity index is 393. The van der Waals surface area contributed by atoms with Crippen molar-refractivity contribution in [2.75, 3.05) is 14.1 Å². The van der Waals surface area contributed by atoms with Gasteiger partial charge < -0.3 is 9.88 Å². The highest BCUT2D eigenvalue weighted by Gasteiger charge is 2.09. The van der Waals surface area contributed by atoms with Gasteiger partial charge in [0, 0.05) is 19.8 Å². The van der Waals surface area contributed by atoms with E-state index < -0.39 is 0 Å². The molecule has 0 aliphatic carbocycles. The van der Waals surface area contributed by atoms with Crippen molar-refractivity contribution < 1.29 is 0 Å². The minimum Gasteiger partial charge on any atom is -0.369 e. The van der Waals surface area contributed by atoms with E-state index in [0.29, 0.717) is 11.4 Å². The molecule has 0 aromatic carbocycles. The van der Waals surface area contributed by atoms with E-state index >= 15 is 0 Å². The average molecular weight is 190 g/mol. The maximum absolute atomic E-state index is 8.92. The van der Waals surface area contributed by atoms with Gasteiger partial charge in [0.15, 0.2) is 0 Å². The van der Waals surface area contributed by atoms with E-state index in [9.17, 15) is 0 Å². The number of aromatic nitrogens is 1. The molecule has 0 saturated heterocycles. The number of nitrogens with zero attached hydrogens (tertiary/aromatic N) is 3. The van der Waals surface area contributed by atoms with Gasteiger partial charge in [0.25, 0.3) is 0 Å². The Balaban J connectivity index is 3.11. The first-order valence-corrected chi connectivity index (χ1v) is 4.36. The number of nitriles is 1. The van der Waals surface area contributed by atoms with Gasteiger partial charge in [0.2, 0.25) is 0 Å². The summed E-state index contributed by atoms with van der Waals surface area (Å²) in [5, 5.41) is 8.92. The number of H-pyrrole nitrogens is 1. The zero-order chi connectivity index (χ0) is 10.7. The third kappa shape index (κ3) is 1.94. The Morgan fingerprint density at radius 3 is 2.57 bits per heavy atom. The smallest absolute Gasteiger partial charge is 0.150 e. The van der Waals surface area contributed by atoms with Crippen LogP contribution in [0.1, 0.15) is 16.8 Å². The summed E-state index contributed by atoms with van der Waals surface area (Å²) in [5.74, 6) is 0.635. The van der Waals surface area contributed by atoms with Crippen LogP contribution in [0.5, 0.6) is 0 Å². The van der Waals surface area contributed by atoms with Gasteiger partial charge in [-0.25, -0.2) is 4.99 Å². The third-order valence-corrected chi connectivity index (χ3v) is 2.01. The molecule has 1 heterocycles. The molecule has 1 rings (SSSR count). The number of aryl methyl sites for hydroxylation is 1. The molecule has 74 valence electrons. The monoisotopic (exact) mass is 190 g/mol. The van der Waals surface area contributed by atoms with Gasteiger partial charge in [-0.2, -0.15) is 5.26 Å². The van der Waals surface area contributed by atoms with Gasteiger partial charge in [-0.1, -0.05) is 0 Å². The van der Waals surface area contributed by atoms with Gasteiger partial charge in [-0.15, -0.1) is 0 Å². The Morgan fingerprint density at radius 1 is 1.43 bits per heavy atom. The highest BCUT2D eigenvalue weighted by molar-refractivity contribution is 5.65. The molecule has 4 heteroatoms. The average Bonchev–Trinajstić information content (AvgIpc) is 2.39. The Hall–Kier alpha value is -1.76. The van der Waals surface area contributed by atoms with Crippen molar-refractivity contribution in [1.82, 2.24) is 9.88 Å². The van der Waals surface area contributed by atoms with Crippen molar-refractivity contribution in [1.29, 1.82) is 5.26 Å². The molecule has 0 bridgehead atoms. The summed E-state index contributed by atoms with van der Waals surface area (Å²) in [7, 11) is 3.77. The number of aromatic amines is 1. The van der Waals surface area contributed by atoms with Gasteiger partial charge in [-0.3, -0.25) is 0 Å².